The Morgan fingerprint density at radius 1 is 1.12 bits per heavy atom. The van der Waals surface area contributed by atoms with Crippen LogP contribution in [-0.4, -0.2) is 37.0 Å². The first-order valence-electron chi connectivity index (χ1n) is 8.39. The van der Waals surface area contributed by atoms with Crippen molar-refractivity contribution in [1.29, 1.82) is 0 Å². The summed E-state index contributed by atoms with van der Waals surface area (Å²) in [5.41, 5.74) is 2.51. The van der Waals surface area contributed by atoms with Crippen molar-refractivity contribution in [1.82, 2.24) is 4.31 Å². The van der Waals surface area contributed by atoms with E-state index >= 15 is 0 Å². The second-order valence-corrected chi connectivity index (χ2v) is 8.87. The summed E-state index contributed by atoms with van der Waals surface area (Å²) < 4.78 is 25.3. The monoisotopic (exact) mass is 354 g/mol. The Morgan fingerprint density at radius 2 is 1.62 bits per heavy atom. The van der Waals surface area contributed by atoms with Gasteiger partial charge in [0.05, 0.1) is 6.26 Å². The van der Waals surface area contributed by atoms with Crippen LogP contribution in [0, 0.1) is 0 Å². The molecular formula is C18H30N2O3S. The Bertz CT molecular complexity index is 654. The lowest BCUT2D eigenvalue weighted by Crippen LogP contribution is -2.46. The predicted molar refractivity (Wildman–Crippen MR) is 99.7 cm³/mol. The minimum atomic E-state index is -3.36. The SMILES string of the molecule is CCc1cccc(CC)c1NC(=O)CCN(C(C)(C)C)S(C)(=O)=O. The third kappa shape index (κ3) is 5.60. The smallest absolute Gasteiger partial charge is 0.225 e. The highest BCUT2D eigenvalue weighted by Crippen LogP contribution is 2.23. The molecule has 1 aromatic rings. The molecule has 0 unspecified atom stereocenters. The highest BCUT2D eigenvalue weighted by molar-refractivity contribution is 7.88. The summed E-state index contributed by atoms with van der Waals surface area (Å²) in [4.78, 5) is 12.4. The summed E-state index contributed by atoms with van der Waals surface area (Å²) in [6.45, 7) is 9.75. The Balaban J connectivity index is 2.88. The molecular weight excluding hydrogens is 324 g/mol. The molecule has 0 aliphatic carbocycles. The molecule has 0 heterocycles. The molecule has 1 N–H and O–H groups in total. The second-order valence-electron chi connectivity index (χ2n) is 6.96. The van der Waals surface area contributed by atoms with E-state index in [-0.39, 0.29) is 18.9 Å². The van der Waals surface area contributed by atoms with Gasteiger partial charge in [0.1, 0.15) is 0 Å². The van der Waals surface area contributed by atoms with Gasteiger partial charge < -0.3 is 5.32 Å². The molecule has 136 valence electrons. The maximum atomic E-state index is 12.4. The second kappa shape index (κ2) is 8.12. The molecule has 0 aliphatic rings. The van der Waals surface area contributed by atoms with Crippen molar-refractivity contribution in [3.63, 3.8) is 0 Å². The first kappa shape index (κ1) is 20.6. The number of aryl methyl sites for hydroxylation is 2. The van der Waals surface area contributed by atoms with E-state index < -0.39 is 15.6 Å². The van der Waals surface area contributed by atoms with Crippen molar-refractivity contribution in [2.24, 2.45) is 0 Å². The van der Waals surface area contributed by atoms with Crippen LogP contribution in [0.2, 0.25) is 0 Å². The largest absolute Gasteiger partial charge is 0.326 e. The van der Waals surface area contributed by atoms with E-state index in [1.54, 1.807) is 0 Å². The Morgan fingerprint density at radius 3 is 2.00 bits per heavy atom. The minimum Gasteiger partial charge on any atom is -0.326 e. The van der Waals surface area contributed by atoms with Crippen LogP contribution in [0.3, 0.4) is 0 Å². The Labute approximate surface area is 146 Å². The quantitative estimate of drug-likeness (QED) is 0.818. The lowest BCUT2D eigenvalue weighted by Gasteiger charge is -2.33. The van der Waals surface area contributed by atoms with Crippen molar-refractivity contribution in [2.45, 2.75) is 59.4 Å². The Hall–Kier alpha value is -1.40. The number of rotatable bonds is 7. The van der Waals surface area contributed by atoms with Crippen LogP contribution in [0.15, 0.2) is 18.2 Å². The van der Waals surface area contributed by atoms with Crippen molar-refractivity contribution in [3.05, 3.63) is 29.3 Å². The van der Waals surface area contributed by atoms with Gasteiger partial charge in [-0.05, 0) is 44.7 Å². The number of hydrogen-bond acceptors (Lipinski definition) is 3. The number of para-hydroxylation sites is 1. The van der Waals surface area contributed by atoms with Crippen LogP contribution in [0.1, 0.15) is 52.2 Å². The van der Waals surface area contributed by atoms with Crippen LogP contribution in [0.25, 0.3) is 0 Å². The van der Waals surface area contributed by atoms with E-state index in [1.165, 1.54) is 10.6 Å². The van der Waals surface area contributed by atoms with Gasteiger partial charge in [0.25, 0.3) is 0 Å². The molecule has 1 rings (SSSR count). The predicted octanol–water partition coefficient (Wildman–Crippen LogP) is 3.20. The van der Waals surface area contributed by atoms with Gasteiger partial charge in [-0.3, -0.25) is 4.79 Å². The fourth-order valence-electron chi connectivity index (χ4n) is 2.81. The molecule has 24 heavy (non-hydrogen) atoms. The van der Waals surface area contributed by atoms with Gasteiger partial charge in [0.15, 0.2) is 0 Å². The van der Waals surface area contributed by atoms with Crippen LogP contribution in [-0.2, 0) is 27.7 Å². The fourth-order valence-corrected chi connectivity index (χ4v) is 4.22. The van der Waals surface area contributed by atoms with Crippen molar-refractivity contribution in [3.8, 4) is 0 Å². The number of sulfonamides is 1. The molecule has 6 heteroatoms. The average Bonchev–Trinajstić information content (AvgIpc) is 2.44. The fraction of sp³-hybridized carbons (Fsp3) is 0.611. The highest BCUT2D eigenvalue weighted by Gasteiger charge is 2.29. The number of hydrogen-bond donors (Lipinski definition) is 1. The average molecular weight is 355 g/mol. The number of benzene rings is 1. The lowest BCUT2D eigenvalue weighted by molar-refractivity contribution is -0.116. The molecule has 0 aliphatic heterocycles. The summed E-state index contributed by atoms with van der Waals surface area (Å²) in [7, 11) is -3.36. The molecule has 1 amide bonds. The van der Waals surface area contributed by atoms with Crippen LogP contribution < -0.4 is 5.32 Å². The van der Waals surface area contributed by atoms with Crippen LogP contribution in [0.4, 0.5) is 5.69 Å². The van der Waals surface area contributed by atoms with Gasteiger partial charge in [-0.2, -0.15) is 4.31 Å². The normalized spacial score (nSPS) is 12.5. The van der Waals surface area contributed by atoms with Gasteiger partial charge in [-0.15, -0.1) is 0 Å². The summed E-state index contributed by atoms with van der Waals surface area (Å²) in [6.07, 6.45) is 2.98. The molecule has 0 fully saturated rings. The zero-order valence-corrected chi connectivity index (χ0v) is 16.5. The zero-order chi connectivity index (χ0) is 18.5. The van der Waals surface area contributed by atoms with Crippen molar-refractivity contribution >= 4 is 21.6 Å². The van der Waals surface area contributed by atoms with Gasteiger partial charge in [0.2, 0.25) is 15.9 Å². The number of carbonyl (C=O) groups excluding carboxylic acids is 1. The zero-order valence-electron chi connectivity index (χ0n) is 15.6. The van der Waals surface area contributed by atoms with Gasteiger partial charge in [-0.1, -0.05) is 32.0 Å². The van der Waals surface area contributed by atoms with E-state index in [4.69, 9.17) is 0 Å². The molecule has 1 aromatic carbocycles. The third-order valence-electron chi connectivity index (χ3n) is 3.95. The molecule has 0 radical (unpaired) electrons. The van der Waals surface area contributed by atoms with E-state index in [9.17, 15) is 13.2 Å². The number of anilines is 1. The van der Waals surface area contributed by atoms with E-state index in [2.05, 4.69) is 19.2 Å². The van der Waals surface area contributed by atoms with Crippen molar-refractivity contribution < 1.29 is 13.2 Å². The van der Waals surface area contributed by atoms with Crippen molar-refractivity contribution in [2.75, 3.05) is 18.1 Å². The highest BCUT2D eigenvalue weighted by atomic mass is 32.2. The Kier molecular flexibility index (Phi) is 6.98. The van der Waals surface area contributed by atoms with E-state index in [0.717, 1.165) is 29.7 Å². The first-order valence-corrected chi connectivity index (χ1v) is 10.2. The van der Waals surface area contributed by atoms with Crippen LogP contribution >= 0.6 is 0 Å². The number of carbonyl (C=O) groups is 1. The molecule has 0 aromatic heterocycles. The van der Waals surface area contributed by atoms with Crippen LogP contribution in [0.5, 0.6) is 0 Å². The minimum absolute atomic E-state index is 0.130. The number of nitrogens with one attached hydrogen (secondary N) is 1. The van der Waals surface area contributed by atoms with Gasteiger partial charge in [0, 0.05) is 24.2 Å². The third-order valence-corrected chi connectivity index (χ3v) is 5.48. The lowest BCUT2D eigenvalue weighted by atomic mass is 10.0. The molecule has 0 bridgehead atoms. The molecule has 0 saturated carbocycles. The molecule has 5 nitrogen and oxygen atoms in total. The maximum Gasteiger partial charge on any atom is 0.225 e. The first-order chi connectivity index (χ1) is 11.0. The topological polar surface area (TPSA) is 66.5 Å². The molecule has 0 spiro atoms. The summed E-state index contributed by atoms with van der Waals surface area (Å²) >= 11 is 0. The molecule has 0 saturated heterocycles. The van der Waals surface area contributed by atoms with E-state index in [0.29, 0.717) is 0 Å². The number of amides is 1. The molecule has 0 atom stereocenters. The standard InChI is InChI=1S/C18H30N2O3S/c1-7-14-10-9-11-15(8-2)17(14)19-16(21)12-13-20(18(3,4)5)24(6,22)23/h9-11H,7-8,12-13H2,1-6H3,(H,19,21). The summed E-state index contributed by atoms with van der Waals surface area (Å²) in [6, 6.07) is 6.01. The maximum absolute atomic E-state index is 12.4. The summed E-state index contributed by atoms with van der Waals surface area (Å²) in [5.74, 6) is -0.163. The van der Waals surface area contributed by atoms with E-state index in [1.807, 2.05) is 39.0 Å². The van der Waals surface area contributed by atoms with Gasteiger partial charge >= 0.3 is 0 Å². The number of nitrogens with zero attached hydrogens (tertiary/aromatic N) is 1. The summed E-state index contributed by atoms with van der Waals surface area (Å²) in [5, 5.41) is 2.98. The van der Waals surface area contributed by atoms with Gasteiger partial charge in [-0.25, -0.2) is 8.42 Å².